The van der Waals surface area contributed by atoms with E-state index in [0.717, 1.165) is 33.4 Å². The molecule has 380 valence electrons. The Labute approximate surface area is 422 Å². The van der Waals surface area contributed by atoms with E-state index in [0.29, 0.717) is 13.0 Å². The Kier molecular flexibility index (Phi) is 20.9. The summed E-state index contributed by atoms with van der Waals surface area (Å²) >= 11 is 0. The molecule has 2 fully saturated rings. The predicted octanol–water partition coefficient (Wildman–Crippen LogP) is 8.93. The second kappa shape index (κ2) is 28.6. The number of carbonyl (C=O) groups excluding carboxylic acids is 1. The zero-order valence-electron chi connectivity index (χ0n) is 40.7. The first kappa shape index (κ1) is 52.7. The molecule has 0 saturated carbocycles. The van der Waals surface area contributed by atoms with Gasteiger partial charge in [0.15, 0.2) is 12.6 Å². The molecule has 13 heteroatoms. The van der Waals surface area contributed by atoms with Crippen LogP contribution in [-0.4, -0.2) is 99.4 Å². The number of aliphatic hydroxyl groups is 1. The fraction of sp³-hybridized carbons (Fsp3) is 0.373. The lowest BCUT2D eigenvalue weighted by Crippen LogP contribution is -2.63. The van der Waals surface area contributed by atoms with E-state index < -0.39 is 61.4 Å². The van der Waals surface area contributed by atoms with E-state index in [9.17, 15) is 9.90 Å². The van der Waals surface area contributed by atoms with Crippen molar-refractivity contribution in [3.05, 3.63) is 215 Å². The van der Waals surface area contributed by atoms with Gasteiger partial charge in [0, 0.05) is 6.42 Å². The van der Waals surface area contributed by atoms with E-state index in [1.165, 1.54) is 7.11 Å². The highest BCUT2D eigenvalue weighted by Gasteiger charge is 2.51. The van der Waals surface area contributed by atoms with Crippen LogP contribution in [0.25, 0.3) is 0 Å². The van der Waals surface area contributed by atoms with Crippen molar-refractivity contribution < 1.29 is 62.0 Å². The van der Waals surface area contributed by atoms with E-state index >= 15 is 0 Å². The van der Waals surface area contributed by atoms with Gasteiger partial charge in [-0.25, -0.2) is 0 Å². The molecule has 1 N–H and O–H groups in total. The van der Waals surface area contributed by atoms with Crippen molar-refractivity contribution in [3.63, 3.8) is 0 Å². The largest absolute Gasteiger partial charge is 0.469 e. The van der Waals surface area contributed by atoms with E-state index in [2.05, 4.69) is 0 Å². The van der Waals surface area contributed by atoms with Crippen LogP contribution in [0.2, 0.25) is 0 Å². The molecule has 10 atom stereocenters. The Hall–Kier alpha value is -5.65. The molecule has 0 aromatic heterocycles. The average Bonchev–Trinajstić information content (AvgIpc) is 3.43. The summed E-state index contributed by atoms with van der Waals surface area (Å²) in [4.78, 5) is 12.2. The SMILES string of the molecule is COC(=O)CCCO[C@@H]1O[C@H](CO[C@H]2O[C@H](COCc3ccccc3)[C@@H](OCc3ccccc3)[C@H](OCc3ccccc3)[C@@H]2O)[C@@H](OCc2ccccc2)[C@H](OCc2ccccc2)[C@H]1OCc1ccccc1. The molecule has 8 rings (SSSR count). The summed E-state index contributed by atoms with van der Waals surface area (Å²) in [6.45, 7) is 1.54. The van der Waals surface area contributed by atoms with E-state index in [1.54, 1.807) is 0 Å². The molecule has 6 aromatic rings. The molecular formula is C59H66O13. The van der Waals surface area contributed by atoms with Gasteiger partial charge >= 0.3 is 5.97 Å². The molecule has 2 aliphatic heterocycles. The van der Waals surface area contributed by atoms with E-state index in [-0.39, 0.29) is 65.2 Å². The highest BCUT2D eigenvalue weighted by molar-refractivity contribution is 5.69. The maximum Gasteiger partial charge on any atom is 0.305 e. The van der Waals surface area contributed by atoms with Crippen molar-refractivity contribution in [1.29, 1.82) is 0 Å². The van der Waals surface area contributed by atoms with Crippen LogP contribution < -0.4 is 0 Å². The molecule has 2 aliphatic rings. The summed E-state index contributed by atoms with van der Waals surface area (Å²) in [6.07, 6.45) is -8.74. The van der Waals surface area contributed by atoms with Gasteiger partial charge in [-0.15, -0.1) is 0 Å². The minimum Gasteiger partial charge on any atom is -0.469 e. The van der Waals surface area contributed by atoms with Gasteiger partial charge in [0.25, 0.3) is 0 Å². The molecule has 0 aliphatic carbocycles. The lowest BCUT2D eigenvalue weighted by atomic mass is 9.97. The highest BCUT2D eigenvalue weighted by Crippen LogP contribution is 2.34. The third-order valence-corrected chi connectivity index (χ3v) is 12.5. The third kappa shape index (κ3) is 15.9. The fourth-order valence-electron chi connectivity index (χ4n) is 8.68. The number of ether oxygens (including phenoxy) is 11. The van der Waals surface area contributed by atoms with Crippen LogP contribution in [0, 0.1) is 0 Å². The summed E-state index contributed by atoms with van der Waals surface area (Å²) in [6, 6.07) is 59.0. The Morgan fingerprint density at radius 2 is 0.778 bits per heavy atom. The van der Waals surface area contributed by atoms with Crippen LogP contribution >= 0.6 is 0 Å². The van der Waals surface area contributed by atoms with Crippen LogP contribution in [-0.2, 0) is 96.5 Å². The van der Waals surface area contributed by atoms with E-state index in [4.69, 9.17) is 52.1 Å². The van der Waals surface area contributed by atoms with Crippen molar-refractivity contribution in [2.45, 2.75) is 114 Å². The maximum absolute atomic E-state index is 12.4. The molecule has 0 bridgehead atoms. The molecule has 2 heterocycles. The molecule has 0 radical (unpaired) electrons. The number of benzene rings is 6. The molecule has 72 heavy (non-hydrogen) atoms. The summed E-state index contributed by atoms with van der Waals surface area (Å²) in [7, 11) is 1.36. The Morgan fingerprint density at radius 1 is 0.417 bits per heavy atom. The van der Waals surface area contributed by atoms with Crippen LogP contribution in [0.3, 0.4) is 0 Å². The first-order valence-corrected chi connectivity index (χ1v) is 24.7. The van der Waals surface area contributed by atoms with Gasteiger partial charge in [-0.05, 0) is 39.8 Å². The van der Waals surface area contributed by atoms with Crippen molar-refractivity contribution in [3.8, 4) is 0 Å². The second-order valence-electron chi connectivity index (χ2n) is 17.8. The van der Waals surface area contributed by atoms with Crippen molar-refractivity contribution >= 4 is 5.97 Å². The monoisotopic (exact) mass is 982 g/mol. The Morgan fingerprint density at radius 3 is 1.22 bits per heavy atom. The minimum atomic E-state index is -1.33. The smallest absolute Gasteiger partial charge is 0.305 e. The first-order chi connectivity index (χ1) is 35.5. The van der Waals surface area contributed by atoms with Gasteiger partial charge in [-0.3, -0.25) is 4.79 Å². The Balaban J connectivity index is 1.09. The van der Waals surface area contributed by atoms with Gasteiger partial charge in [0.2, 0.25) is 0 Å². The van der Waals surface area contributed by atoms with Gasteiger partial charge in [0.1, 0.15) is 48.8 Å². The zero-order chi connectivity index (χ0) is 49.6. The van der Waals surface area contributed by atoms with Gasteiger partial charge in [-0.2, -0.15) is 0 Å². The quantitative estimate of drug-likeness (QED) is 0.0389. The Bertz CT molecular complexity index is 2400. The average molecular weight is 983 g/mol. The number of rotatable bonds is 27. The zero-order valence-corrected chi connectivity index (χ0v) is 40.7. The maximum atomic E-state index is 12.4. The number of esters is 1. The number of hydrogen-bond acceptors (Lipinski definition) is 13. The number of hydrogen-bond donors (Lipinski definition) is 1. The number of carbonyl (C=O) groups is 1. The minimum absolute atomic E-state index is 0.103. The van der Waals surface area contributed by atoms with Gasteiger partial charge in [-0.1, -0.05) is 182 Å². The standard InChI is InChI=1S/C59H66O13/c1-62-51(60)33-20-34-64-59-57(69-40-48-31-18-7-19-32-48)56(68-39-47-29-16-6-17-30-47)54(66-37-45-25-12-4-13-26-45)50(72-59)42-70-58-52(61)55(67-38-46-27-14-5-15-28-46)53(65-36-44-23-10-3-11-24-44)49(71-58)41-63-35-43-21-8-2-9-22-43/h2-19,21-32,49-50,52-59,61H,20,33-42H2,1H3/t49-,50-,52+,53-,54-,55-,56+,57-,58+,59-/m1/s1. The normalized spacial score (nSPS) is 24.1. The molecule has 13 nitrogen and oxygen atoms in total. The van der Waals surface area contributed by atoms with Gasteiger partial charge in [0.05, 0.1) is 66.6 Å². The fourth-order valence-corrected chi connectivity index (χ4v) is 8.68. The highest BCUT2D eigenvalue weighted by atomic mass is 16.7. The second-order valence-corrected chi connectivity index (χ2v) is 17.8. The molecule has 0 unspecified atom stereocenters. The number of methoxy groups -OCH3 is 1. The summed E-state index contributed by atoms with van der Waals surface area (Å²) < 4.78 is 71.9. The molecular weight excluding hydrogens is 917 g/mol. The van der Waals surface area contributed by atoms with Crippen LogP contribution in [0.15, 0.2) is 182 Å². The van der Waals surface area contributed by atoms with Crippen molar-refractivity contribution in [2.24, 2.45) is 0 Å². The summed E-state index contributed by atoms with van der Waals surface area (Å²) in [5, 5.41) is 12.4. The predicted molar refractivity (Wildman–Crippen MR) is 268 cm³/mol. The molecule has 2 saturated heterocycles. The third-order valence-electron chi connectivity index (χ3n) is 12.5. The van der Waals surface area contributed by atoms with Crippen molar-refractivity contribution in [2.75, 3.05) is 26.9 Å². The van der Waals surface area contributed by atoms with Crippen molar-refractivity contribution in [1.82, 2.24) is 0 Å². The first-order valence-electron chi connectivity index (χ1n) is 24.7. The number of aliphatic hydroxyl groups excluding tert-OH is 1. The van der Waals surface area contributed by atoms with Gasteiger partial charge < -0.3 is 57.2 Å². The topological polar surface area (TPSA) is 139 Å². The molecule has 0 amide bonds. The van der Waals surface area contributed by atoms with Crippen LogP contribution in [0.4, 0.5) is 0 Å². The van der Waals surface area contributed by atoms with Crippen LogP contribution in [0.1, 0.15) is 46.2 Å². The van der Waals surface area contributed by atoms with Crippen LogP contribution in [0.5, 0.6) is 0 Å². The lowest BCUT2D eigenvalue weighted by molar-refractivity contribution is -0.349. The summed E-state index contributed by atoms with van der Waals surface area (Å²) in [5.74, 6) is -0.349. The summed E-state index contributed by atoms with van der Waals surface area (Å²) in [5.41, 5.74) is 5.69. The van der Waals surface area contributed by atoms with E-state index in [1.807, 2.05) is 182 Å². The molecule has 6 aromatic carbocycles. The lowest BCUT2D eigenvalue weighted by Gasteiger charge is -2.47. The molecule has 0 spiro atoms.